The van der Waals surface area contributed by atoms with Gasteiger partial charge in [0.15, 0.2) is 0 Å². The van der Waals surface area contributed by atoms with Crippen LogP contribution in [0.5, 0.6) is 0 Å². The number of ether oxygens (including phenoxy) is 1. The van der Waals surface area contributed by atoms with E-state index >= 15 is 0 Å². The van der Waals surface area contributed by atoms with Crippen molar-refractivity contribution in [3.63, 3.8) is 0 Å². The van der Waals surface area contributed by atoms with Crippen molar-refractivity contribution in [1.29, 1.82) is 0 Å². The van der Waals surface area contributed by atoms with Gasteiger partial charge in [-0.2, -0.15) is 17.8 Å². The van der Waals surface area contributed by atoms with Crippen molar-refractivity contribution in [2.24, 2.45) is 0 Å². The number of rotatable bonds is 4. The number of nitrogens with zero attached hydrogens (tertiary/aromatic N) is 1. The van der Waals surface area contributed by atoms with Gasteiger partial charge in [0.1, 0.15) is 0 Å². The Morgan fingerprint density at radius 3 is 2.57 bits per heavy atom. The fourth-order valence-corrected chi connectivity index (χ4v) is 3.66. The molecule has 1 fully saturated rings. The Hall–Kier alpha value is -2.38. The summed E-state index contributed by atoms with van der Waals surface area (Å²) >= 11 is 0. The second kappa shape index (κ2) is 6.90. The van der Waals surface area contributed by atoms with Crippen molar-refractivity contribution >= 4 is 20.9 Å². The molecule has 1 aliphatic rings. The lowest BCUT2D eigenvalue weighted by atomic mass is 9.90. The zero-order valence-corrected chi connectivity index (χ0v) is 15.2. The van der Waals surface area contributed by atoms with Crippen molar-refractivity contribution in [1.82, 2.24) is 9.66 Å². The van der Waals surface area contributed by atoms with Crippen molar-refractivity contribution < 1.29 is 31.4 Å². The summed E-state index contributed by atoms with van der Waals surface area (Å²) in [6, 6.07) is 1.62. The van der Waals surface area contributed by atoms with Gasteiger partial charge in [-0.15, -0.1) is 0 Å². The third-order valence-electron chi connectivity index (χ3n) is 4.35. The van der Waals surface area contributed by atoms with Gasteiger partial charge in [-0.25, -0.2) is 18.0 Å². The summed E-state index contributed by atoms with van der Waals surface area (Å²) in [4.78, 5) is 28.3. The van der Waals surface area contributed by atoms with Gasteiger partial charge in [0.2, 0.25) is 10.0 Å². The number of sulfonamides is 1. The van der Waals surface area contributed by atoms with Crippen LogP contribution in [0.15, 0.2) is 21.7 Å². The molecule has 0 amide bonds. The number of aromatic amines is 1. The molecule has 3 rings (SSSR count). The van der Waals surface area contributed by atoms with Crippen LogP contribution in [0.25, 0.3) is 10.9 Å². The molecule has 0 saturated carbocycles. The molecule has 2 atom stereocenters. The lowest BCUT2D eigenvalue weighted by Gasteiger charge is -2.18. The number of hydrogen-bond donors (Lipinski definition) is 3. The van der Waals surface area contributed by atoms with Crippen LogP contribution < -0.4 is 16.1 Å². The minimum absolute atomic E-state index is 0.0844. The molecule has 0 spiro atoms. The third kappa shape index (κ3) is 3.91. The van der Waals surface area contributed by atoms with Crippen LogP contribution in [0.3, 0.4) is 0 Å². The summed E-state index contributed by atoms with van der Waals surface area (Å²) in [5.41, 5.74) is -4.00. The molecule has 1 aromatic heterocycles. The highest BCUT2D eigenvalue weighted by atomic mass is 32.2. The maximum atomic E-state index is 13.6. The summed E-state index contributed by atoms with van der Waals surface area (Å²) in [5, 5.41) is 8.85. The molecule has 2 heterocycles. The number of aliphatic hydroxyl groups excluding tert-OH is 1. The first-order chi connectivity index (χ1) is 12.9. The van der Waals surface area contributed by atoms with Gasteiger partial charge in [0, 0.05) is 5.92 Å². The smallest absolute Gasteiger partial charge is 0.394 e. The highest BCUT2D eigenvalue weighted by Crippen LogP contribution is 2.40. The summed E-state index contributed by atoms with van der Waals surface area (Å²) in [6.45, 7) is -0.442. The Morgan fingerprint density at radius 1 is 1.36 bits per heavy atom. The number of halogens is 3. The number of hydrogen-bond acceptors (Lipinski definition) is 6. The van der Waals surface area contributed by atoms with E-state index in [-0.39, 0.29) is 40.8 Å². The second-order valence-corrected chi connectivity index (χ2v) is 8.21. The van der Waals surface area contributed by atoms with Gasteiger partial charge >= 0.3 is 11.9 Å². The normalized spacial score (nSPS) is 20.6. The van der Waals surface area contributed by atoms with Gasteiger partial charge in [-0.05, 0) is 24.1 Å². The molecule has 2 unspecified atom stereocenters. The van der Waals surface area contributed by atoms with Gasteiger partial charge in [-0.3, -0.25) is 4.79 Å². The maximum Gasteiger partial charge on any atom is 0.416 e. The Morgan fingerprint density at radius 2 is 2.04 bits per heavy atom. The minimum atomic E-state index is -4.77. The molecule has 28 heavy (non-hydrogen) atoms. The zero-order valence-electron chi connectivity index (χ0n) is 14.4. The standard InChI is InChI=1S/C15H16F3N3O6S/c1-28(25,26)20-21-13(23)10-3-9(7-2-8(5-22)27-6-7)11(15(16,17)18)4-12(10)19-14(21)24/h3-4,7-8,20,22H,2,5-6H2,1H3,(H,19,24). The lowest BCUT2D eigenvalue weighted by Crippen LogP contribution is -2.43. The molecule has 3 N–H and O–H groups in total. The fraction of sp³-hybridized carbons (Fsp3) is 0.467. The minimum Gasteiger partial charge on any atom is -0.394 e. The van der Waals surface area contributed by atoms with Crippen LogP contribution in [0, 0.1) is 0 Å². The van der Waals surface area contributed by atoms with Crippen LogP contribution in [0.2, 0.25) is 0 Å². The van der Waals surface area contributed by atoms with E-state index in [9.17, 15) is 31.2 Å². The zero-order chi connectivity index (χ0) is 20.9. The molecule has 154 valence electrons. The summed E-state index contributed by atoms with van der Waals surface area (Å²) < 4.78 is 68.8. The van der Waals surface area contributed by atoms with E-state index in [0.717, 1.165) is 6.07 Å². The van der Waals surface area contributed by atoms with Crippen LogP contribution in [-0.4, -0.2) is 48.8 Å². The predicted molar refractivity (Wildman–Crippen MR) is 92.2 cm³/mol. The Kier molecular flexibility index (Phi) is 5.02. The van der Waals surface area contributed by atoms with Crippen LogP contribution in [-0.2, 0) is 20.9 Å². The third-order valence-corrected chi connectivity index (χ3v) is 4.87. The molecule has 1 aromatic carbocycles. The van der Waals surface area contributed by atoms with Crippen molar-refractivity contribution in [3.8, 4) is 0 Å². The van der Waals surface area contributed by atoms with E-state index < -0.39 is 45.0 Å². The quantitative estimate of drug-likeness (QED) is 0.638. The van der Waals surface area contributed by atoms with E-state index in [1.54, 1.807) is 4.83 Å². The highest BCUT2D eigenvalue weighted by molar-refractivity contribution is 7.91. The summed E-state index contributed by atoms with van der Waals surface area (Å²) in [5.74, 6) is -0.735. The molecule has 0 bridgehead atoms. The van der Waals surface area contributed by atoms with E-state index in [4.69, 9.17) is 9.84 Å². The van der Waals surface area contributed by atoms with Gasteiger partial charge in [0.25, 0.3) is 5.56 Å². The molecule has 1 saturated heterocycles. The predicted octanol–water partition coefficient (Wildman–Crippen LogP) is 0.0765. The molecular weight excluding hydrogens is 407 g/mol. The first kappa shape index (κ1) is 20.4. The first-order valence-electron chi connectivity index (χ1n) is 8.01. The van der Waals surface area contributed by atoms with E-state index in [1.165, 1.54) is 0 Å². The molecule has 9 nitrogen and oxygen atoms in total. The van der Waals surface area contributed by atoms with Gasteiger partial charge in [0.05, 0.1) is 42.0 Å². The first-order valence-corrected chi connectivity index (χ1v) is 9.90. The largest absolute Gasteiger partial charge is 0.416 e. The maximum absolute atomic E-state index is 13.6. The number of fused-ring (bicyclic) bond motifs is 1. The molecule has 2 aromatic rings. The average Bonchev–Trinajstić information content (AvgIpc) is 3.05. The fourth-order valence-electron chi connectivity index (χ4n) is 3.16. The highest BCUT2D eigenvalue weighted by Gasteiger charge is 2.38. The van der Waals surface area contributed by atoms with Crippen molar-refractivity contribution in [2.45, 2.75) is 24.6 Å². The van der Waals surface area contributed by atoms with Crippen LogP contribution in [0.4, 0.5) is 13.2 Å². The summed E-state index contributed by atoms with van der Waals surface area (Å²) in [6.07, 6.45) is -4.56. The van der Waals surface area contributed by atoms with E-state index in [0.29, 0.717) is 12.3 Å². The van der Waals surface area contributed by atoms with Crippen LogP contribution in [0.1, 0.15) is 23.5 Å². The lowest BCUT2D eigenvalue weighted by molar-refractivity contribution is -0.138. The number of H-pyrrole nitrogens is 1. The SMILES string of the molecule is CS(=O)(=O)Nn1c(=O)[nH]c2cc(C(F)(F)F)c(C3COC(CO)C3)cc2c1=O. The Bertz CT molecular complexity index is 1140. The molecule has 13 heteroatoms. The molecule has 0 radical (unpaired) electrons. The number of aliphatic hydroxyl groups is 1. The number of aromatic nitrogens is 2. The van der Waals surface area contributed by atoms with Crippen molar-refractivity contribution in [2.75, 3.05) is 24.3 Å². The van der Waals surface area contributed by atoms with E-state index in [1.807, 2.05) is 0 Å². The number of nitrogens with one attached hydrogen (secondary N) is 2. The molecular formula is C15H16F3N3O6S. The molecule has 1 aliphatic heterocycles. The van der Waals surface area contributed by atoms with Crippen LogP contribution >= 0.6 is 0 Å². The van der Waals surface area contributed by atoms with Gasteiger partial charge < -0.3 is 14.8 Å². The number of benzene rings is 1. The topological polar surface area (TPSA) is 130 Å². The summed E-state index contributed by atoms with van der Waals surface area (Å²) in [7, 11) is -3.99. The second-order valence-electron chi connectivity index (χ2n) is 6.49. The Balaban J connectivity index is 2.26. The molecule has 0 aliphatic carbocycles. The van der Waals surface area contributed by atoms with Gasteiger partial charge in [-0.1, -0.05) is 0 Å². The Labute approximate surface area is 155 Å². The van der Waals surface area contributed by atoms with E-state index in [2.05, 4.69) is 4.98 Å². The average molecular weight is 423 g/mol. The number of alkyl halides is 3. The van der Waals surface area contributed by atoms with Crippen molar-refractivity contribution in [3.05, 3.63) is 44.1 Å². The monoisotopic (exact) mass is 423 g/mol.